The summed E-state index contributed by atoms with van der Waals surface area (Å²) in [6, 6.07) is 1.12. The summed E-state index contributed by atoms with van der Waals surface area (Å²) in [5.74, 6) is 0. The van der Waals surface area contributed by atoms with E-state index in [9.17, 15) is 0 Å². The predicted octanol–water partition coefficient (Wildman–Crippen LogP) is 2.00. The summed E-state index contributed by atoms with van der Waals surface area (Å²) < 4.78 is 5.05. The van der Waals surface area contributed by atoms with Gasteiger partial charge in [0, 0.05) is 32.3 Å². The summed E-state index contributed by atoms with van der Waals surface area (Å²) in [4.78, 5) is 2.57. The summed E-state index contributed by atoms with van der Waals surface area (Å²) in [6.07, 6.45) is 7.72. The maximum Gasteiger partial charge on any atom is 0.0462 e. The number of ether oxygens (including phenoxy) is 1. The quantitative estimate of drug-likeness (QED) is 0.646. The molecule has 0 aromatic heterocycles. The molecule has 3 nitrogen and oxygen atoms in total. The van der Waals surface area contributed by atoms with Gasteiger partial charge in [0.05, 0.1) is 0 Å². The molecule has 0 spiro atoms. The summed E-state index contributed by atoms with van der Waals surface area (Å²) in [5.41, 5.74) is 6.16. The average Bonchev–Trinajstić information content (AvgIpc) is 2.79. The highest BCUT2D eigenvalue weighted by atomic mass is 16.5. The van der Waals surface area contributed by atoms with Gasteiger partial charge >= 0.3 is 0 Å². The highest BCUT2D eigenvalue weighted by molar-refractivity contribution is 4.79. The Morgan fingerprint density at radius 1 is 1.38 bits per heavy atom. The molecule has 0 aromatic rings. The van der Waals surface area contributed by atoms with Gasteiger partial charge in [-0.3, -0.25) is 4.90 Å². The third-order valence-corrected chi connectivity index (χ3v) is 3.64. The first-order valence-electron chi connectivity index (χ1n) is 6.76. The number of nitrogens with zero attached hydrogens (tertiary/aromatic N) is 1. The number of hydrogen-bond donors (Lipinski definition) is 1. The second-order valence-electron chi connectivity index (χ2n) is 4.92. The van der Waals surface area contributed by atoms with Crippen LogP contribution in [0.4, 0.5) is 0 Å². The van der Waals surface area contributed by atoms with Crippen LogP contribution in [-0.2, 0) is 4.74 Å². The van der Waals surface area contributed by atoms with Crippen molar-refractivity contribution in [2.45, 2.75) is 57.5 Å². The normalized spacial score (nSPS) is 19.5. The van der Waals surface area contributed by atoms with Crippen LogP contribution in [0.1, 0.15) is 45.4 Å². The van der Waals surface area contributed by atoms with Crippen LogP contribution in [0.5, 0.6) is 0 Å². The van der Waals surface area contributed by atoms with Crippen molar-refractivity contribution in [2.75, 3.05) is 26.8 Å². The zero-order valence-corrected chi connectivity index (χ0v) is 11.0. The molecule has 2 N–H and O–H groups in total. The number of nitrogens with two attached hydrogens (primary N) is 1. The Balaban J connectivity index is 2.20. The molecule has 1 fully saturated rings. The van der Waals surface area contributed by atoms with Gasteiger partial charge in [-0.15, -0.1) is 0 Å². The van der Waals surface area contributed by atoms with E-state index < -0.39 is 0 Å². The topological polar surface area (TPSA) is 38.5 Å². The Bertz CT molecular complexity index is 169. The van der Waals surface area contributed by atoms with Gasteiger partial charge in [-0.1, -0.05) is 19.8 Å². The number of methoxy groups -OCH3 is 1. The van der Waals surface area contributed by atoms with E-state index in [4.69, 9.17) is 10.5 Å². The maximum absolute atomic E-state index is 6.16. The first kappa shape index (κ1) is 13.9. The van der Waals surface area contributed by atoms with E-state index in [0.29, 0.717) is 6.04 Å². The van der Waals surface area contributed by atoms with Crippen LogP contribution in [-0.4, -0.2) is 43.8 Å². The molecule has 0 bridgehead atoms. The van der Waals surface area contributed by atoms with Crippen LogP contribution >= 0.6 is 0 Å². The summed E-state index contributed by atoms with van der Waals surface area (Å²) >= 11 is 0. The van der Waals surface area contributed by atoms with Crippen molar-refractivity contribution in [3.05, 3.63) is 0 Å². The molecule has 1 unspecified atom stereocenters. The van der Waals surface area contributed by atoms with Gasteiger partial charge in [-0.25, -0.2) is 0 Å². The highest BCUT2D eigenvalue weighted by Gasteiger charge is 2.22. The fourth-order valence-corrected chi connectivity index (χ4v) is 2.69. The van der Waals surface area contributed by atoms with Crippen LogP contribution in [0, 0.1) is 0 Å². The van der Waals surface area contributed by atoms with E-state index in [1.54, 1.807) is 7.11 Å². The Kier molecular flexibility index (Phi) is 7.01. The summed E-state index contributed by atoms with van der Waals surface area (Å²) in [5, 5.41) is 0. The monoisotopic (exact) mass is 228 g/mol. The molecule has 16 heavy (non-hydrogen) atoms. The van der Waals surface area contributed by atoms with Gasteiger partial charge < -0.3 is 10.5 Å². The Morgan fingerprint density at radius 2 is 2.06 bits per heavy atom. The van der Waals surface area contributed by atoms with E-state index in [0.717, 1.165) is 38.6 Å². The number of likely N-dealkylation sites (N-methyl/N-ethyl adjacent to an activating group) is 1. The zero-order chi connectivity index (χ0) is 11.8. The van der Waals surface area contributed by atoms with Gasteiger partial charge in [0.1, 0.15) is 0 Å². The Morgan fingerprint density at radius 3 is 2.62 bits per heavy atom. The standard InChI is InChI=1S/C13H28N2O/c1-3-15(13-8-4-5-9-13)11-12(14)7-6-10-16-2/h12-13H,3-11,14H2,1-2H3. The van der Waals surface area contributed by atoms with Gasteiger partial charge in [-0.2, -0.15) is 0 Å². The van der Waals surface area contributed by atoms with E-state index in [2.05, 4.69) is 11.8 Å². The lowest BCUT2D eigenvalue weighted by atomic mass is 10.1. The van der Waals surface area contributed by atoms with Gasteiger partial charge in [0.2, 0.25) is 0 Å². The number of hydrogen-bond acceptors (Lipinski definition) is 3. The van der Waals surface area contributed by atoms with Crippen molar-refractivity contribution in [1.82, 2.24) is 4.90 Å². The first-order chi connectivity index (χ1) is 7.77. The van der Waals surface area contributed by atoms with E-state index in [1.165, 1.54) is 25.7 Å². The van der Waals surface area contributed by atoms with Crippen molar-refractivity contribution >= 4 is 0 Å². The molecule has 1 atom stereocenters. The molecule has 0 aliphatic heterocycles. The van der Waals surface area contributed by atoms with Crippen molar-refractivity contribution in [3.63, 3.8) is 0 Å². The van der Waals surface area contributed by atoms with Crippen LogP contribution in [0.25, 0.3) is 0 Å². The van der Waals surface area contributed by atoms with Crippen molar-refractivity contribution in [2.24, 2.45) is 5.73 Å². The summed E-state index contributed by atoms with van der Waals surface area (Å²) in [6.45, 7) is 5.29. The molecule has 1 rings (SSSR count). The molecule has 3 heteroatoms. The first-order valence-corrected chi connectivity index (χ1v) is 6.76. The lowest BCUT2D eigenvalue weighted by Crippen LogP contribution is -2.42. The van der Waals surface area contributed by atoms with E-state index in [1.807, 2.05) is 0 Å². The lowest BCUT2D eigenvalue weighted by molar-refractivity contribution is 0.173. The average molecular weight is 228 g/mol. The van der Waals surface area contributed by atoms with Crippen molar-refractivity contribution in [3.8, 4) is 0 Å². The molecule has 0 heterocycles. The maximum atomic E-state index is 6.16. The van der Waals surface area contributed by atoms with Crippen molar-refractivity contribution in [1.29, 1.82) is 0 Å². The minimum atomic E-state index is 0.315. The predicted molar refractivity (Wildman–Crippen MR) is 68.6 cm³/mol. The fraction of sp³-hybridized carbons (Fsp3) is 1.00. The molecular weight excluding hydrogens is 200 g/mol. The number of rotatable bonds is 8. The highest BCUT2D eigenvalue weighted by Crippen LogP contribution is 2.23. The molecule has 0 radical (unpaired) electrons. The molecule has 1 aliphatic rings. The SMILES string of the molecule is CCN(CC(N)CCCOC)C1CCCC1. The van der Waals surface area contributed by atoms with Gasteiger partial charge in [-0.05, 0) is 32.2 Å². The smallest absolute Gasteiger partial charge is 0.0462 e. The van der Waals surface area contributed by atoms with Crippen LogP contribution in [0.3, 0.4) is 0 Å². The third-order valence-electron chi connectivity index (χ3n) is 3.64. The van der Waals surface area contributed by atoms with E-state index >= 15 is 0 Å². The van der Waals surface area contributed by atoms with Crippen LogP contribution in [0.2, 0.25) is 0 Å². The molecule has 0 aromatic carbocycles. The summed E-state index contributed by atoms with van der Waals surface area (Å²) in [7, 11) is 1.75. The Hall–Kier alpha value is -0.120. The minimum Gasteiger partial charge on any atom is -0.385 e. The molecule has 1 saturated carbocycles. The zero-order valence-electron chi connectivity index (χ0n) is 11.0. The van der Waals surface area contributed by atoms with E-state index in [-0.39, 0.29) is 0 Å². The van der Waals surface area contributed by atoms with Gasteiger partial charge in [0.25, 0.3) is 0 Å². The van der Waals surface area contributed by atoms with Crippen LogP contribution in [0.15, 0.2) is 0 Å². The molecular formula is C13H28N2O. The molecule has 96 valence electrons. The fourth-order valence-electron chi connectivity index (χ4n) is 2.69. The Labute approximate surface area is 100 Å². The largest absolute Gasteiger partial charge is 0.385 e. The second-order valence-corrected chi connectivity index (χ2v) is 4.92. The van der Waals surface area contributed by atoms with Crippen LogP contribution < -0.4 is 5.73 Å². The minimum absolute atomic E-state index is 0.315. The van der Waals surface area contributed by atoms with Crippen molar-refractivity contribution < 1.29 is 4.74 Å². The molecule has 0 saturated heterocycles. The lowest BCUT2D eigenvalue weighted by Gasteiger charge is -2.30. The van der Waals surface area contributed by atoms with Gasteiger partial charge in [0.15, 0.2) is 0 Å². The molecule has 0 amide bonds. The molecule has 1 aliphatic carbocycles. The second kappa shape index (κ2) is 8.04. The third kappa shape index (κ3) is 4.81.